The lowest BCUT2D eigenvalue weighted by molar-refractivity contribution is 0.418. The fourth-order valence-electron chi connectivity index (χ4n) is 2.66. The highest BCUT2D eigenvalue weighted by Gasteiger charge is 2.31. The van der Waals surface area contributed by atoms with Gasteiger partial charge in [-0.2, -0.15) is 0 Å². The van der Waals surface area contributed by atoms with Crippen molar-refractivity contribution in [1.29, 1.82) is 0 Å². The lowest BCUT2D eigenvalue weighted by Crippen LogP contribution is -2.24. The number of aryl methyl sites for hydroxylation is 1. The van der Waals surface area contributed by atoms with Crippen molar-refractivity contribution in [2.45, 2.75) is 38.5 Å². The summed E-state index contributed by atoms with van der Waals surface area (Å²) < 4.78 is 3.35. The van der Waals surface area contributed by atoms with E-state index in [1.807, 2.05) is 0 Å². The Morgan fingerprint density at radius 2 is 2.19 bits per heavy atom. The highest BCUT2D eigenvalue weighted by Crippen LogP contribution is 2.36. The monoisotopic (exact) mass is 278 g/mol. The summed E-state index contributed by atoms with van der Waals surface area (Å²) in [7, 11) is 0. The molecule has 16 heavy (non-hydrogen) atoms. The van der Waals surface area contributed by atoms with Crippen LogP contribution in [0.1, 0.15) is 38.1 Å². The van der Waals surface area contributed by atoms with Gasteiger partial charge < -0.3 is 4.40 Å². The lowest BCUT2D eigenvalue weighted by Gasteiger charge is -2.28. The van der Waals surface area contributed by atoms with Crippen molar-refractivity contribution in [3.63, 3.8) is 0 Å². The van der Waals surface area contributed by atoms with Gasteiger partial charge in [-0.05, 0) is 47.3 Å². The second kappa shape index (κ2) is 3.33. The molecule has 0 atom stereocenters. The van der Waals surface area contributed by atoms with Crippen LogP contribution in [0.15, 0.2) is 22.8 Å². The maximum Gasteiger partial charge on any atom is 0.137 e. The third kappa shape index (κ3) is 1.41. The fourth-order valence-corrected chi connectivity index (χ4v) is 3.00. The Morgan fingerprint density at radius 3 is 3.00 bits per heavy atom. The summed E-state index contributed by atoms with van der Waals surface area (Å²) in [5, 5.41) is 0. The number of imidazole rings is 1. The van der Waals surface area contributed by atoms with Crippen LogP contribution in [0.4, 0.5) is 0 Å². The molecule has 0 N–H and O–H groups in total. The van der Waals surface area contributed by atoms with Gasteiger partial charge in [-0.3, -0.25) is 0 Å². The molecule has 0 fully saturated rings. The summed E-state index contributed by atoms with van der Waals surface area (Å²) >= 11 is 3.52. The molecule has 0 saturated heterocycles. The van der Waals surface area contributed by atoms with Gasteiger partial charge in [0, 0.05) is 21.8 Å². The van der Waals surface area contributed by atoms with E-state index in [1.54, 1.807) is 0 Å². The molecule has 0 radical (unpaired) electrons. The Kier molecular flexibility index (Phi) is 2.15. The topological polar surface area (TPSA) is 17.3 Å². The summed E-state index contributed by atoms with van der Waals surface area (Å²) in [5.74, 6) is 0. The second-order valence-corrected chi connectivity index (χ2v) is 6.14. The molecule has 0 saturated carbocycles. The third-order valence-corrected chi connectivity index (χ3v) is 4.01. The molecule has 0 bridgehead atoms. The molecule has 3 heteroatoms. The summed E-state index contributed by atoms with van der Waals surface area (Å²) in [6, 6.07) is 4.14. The molecule has 84 valence electrons. The lowest BCUT2D eigenvalue weighted by atomic mass is 9.78. The van der Waals surface area contributed by atoms with Crippen LogP contribution in [-0.4, -0.2) is 9.38 Å². The first-order valence-corrected chi connectivity index (χ1v) is 6.54. The van der Waals surface area contributed by atoms with Crippen molar-refractivity contribution in [3.8, 4) is 0 Å². The molecular weight excluding hydrogens is 264 g/mol. The maximum absolute atomic E-state index is 4.79. The van der Waals surface area contributed by atoms with Crippen molar-refractivity contribution < 1.29 is 0 Å². The van der Waals surface area contributed by atoms with E-state index in [2.05, 4.69) is 52.5 Å². The number of hydrogen-bond donors (Lipinski definition) is 0. The van der Waals surface area contributed by atoms with E-state index in [4.69, 9.17) is 4.98 Å². The molecule has 3 rings (SSSR count). The van der Waals surface area contributed by atoms with Crippen molar-refractivity contribution in [2.75, 3.05) is 0 Å². The van der Waals surface area contributed by atoms with Crippen molar-refractivity contribution in [3.05, 3.63) is 34.2 Å². The molecule has 2 heterocycles. The molecule has 2 aromatic heterocycles. The molecule has 0 spiro atoms. The van der Waals surface area contributed by atoms with Crippen LogP contribution in [0, 0.1) is 0 Å². The Balaban J connectivity index is 2.33. The number of fused-ring (bicyclic) bond motifs is 3. The second-order valence-electron chi connectivity index (χ2n) is 5.22. The molecule has 0 unspecified atom stereocenters. The van der Waals surface area contributed by atoms with E-state index in [9.17, 15) is 0 Å². The van der Waals surface area contributed by atoms with Crippen LogP contribution >= 0.6 is 15.9 Å². The van der Waals surface area contributed by atoms with E-state index < -0.39 is 0 Å². The number of rotatable bonds is 0. The minimum absolute atomic E-state index is 0.228. The Labute approximate surface area is 104 Å². The molecular formula is C13H15BrN2. The first kappa shape index (κ1) is 10.3. The van der Waals surface area contributed by atoms with Crippen molar-refractivity contribution in [2.24, 2.45) is 0 Å². The predicted octanol–water partition coefficient (Wildman–Crippen LogP) is 3.71. The Hall–Kier alpha value is -0.830. The van der Waals surface area contributed by atoms with Crippen molar-refractivity contribution >= 4 is 21.6 Å². The molecule has 2 aromatic rings. The van der Waals surface area contributed by atoms with Gasteiger partial charge >= 0.3 is 0 Å². The zero-order chi connectivity index (χ0) is 11.3. The largest absolute Gasteiger partial charge is 0.303 e. The average molecular weight is 279 g/mol. The Morgan fingerprint density at radius 1 is 1.38 bits per heavy atom. The minimum atomic E-state index is 0.228. The van der Waals surface area contributed by atoms with E-state index in [-0.39, 0.29) is 5.41 Å². The van der Waals surface area contributed by atoms with Crippen LogP contribution in [-0.2, 0) is 11.8 Å². The molecule has 1 aliphatic rings. The summed E-state index contributed by atoms with van der Waals surface area (Å²) in [4.78, 5) is 4.79. The Bertz CT molecular complexity index is 554. The van der Waals surface area contributed by atoms with Gasteiger partial charge in [-0.1, -0.05) is 13.8 Å². The zero-order valence-electron chi connectivity index (χ0n) is 9.63. The van der Waals surface area contributed by atoms with Crippen LogP contribution in [0.3, 0.4) is 0 Å². The number of pyridine rings is 1. The zero-order valence-corrected chi connectivity index (χ0v) is 11.2. The van der Waals surface area contributed by atoms with Gasteiger partial charge in [0.2, 0.25) is 0 Å². The first-order chi connectivity index (χ1) is 7.58. The molecule has 2 nitrogen and oxygen atoms in total. The molecule has 0 aromatic carbocycles. The highest BCUT2D eigenvalue weighted by molar-refractivity contribution is 9.10. The smallest absolute Gasteiger partial charge is 0.137 e. The number of hydrogen-bond acceptors (Lipinski definition) is 1. The van der Waals surface area contributed by atoms with Gasteiger partial charge in [0.05, 0.1) is 5.69 Å². The third-order valence-electron chi connectivity index (χ3n) is 3.54. The van der Waals surface area contributed by atoms with E-state index in [0.717, 1.165) is 16.5 Å². The van der Waals surface area contributed by atoms with Gasteiger partial charge in [0.1, 0.15) is 5.65 Å². The summed E-state index contributed by atoms with van der Waals surface area (Å²) in [5.41, 5.74) is 3.99. The molecule has 0 amide bonds. The SMILES string of the molecule is CC1(C)CCCc2c1nc1ccc(Br)cn21. The van der Waals surface area contributed by atoms with Crippen molar-refractivity contribution in [1.82, 2.24) is 9.38 Å². The number of halogens is 1. The molecule has 1 aliphatic carbocycles. The molecule has 0 aliphatic heterocycles. The van der Waals surface area contributed by atoms with Gasteiger partial charge in [0.25, 0.3) is 0 Å². The van der Waals surface area contributed by atoms with Gasteiger partial charge in [-0.25, -0.2) is 4.98 Å². The van der Waals surface area contributed by atoms with Crippen LogP contribution in [0.2, 0.25) is 0 Å². The van der Waals surface area contributed by atoms with E-state index >= 15 is 0 Å². The normalized spacial score (nSPS) is 18.7. The van der Waals surface area contributed by atoms with E-state index in [0.29, 0.717) is 0 Å². The quantitative estimate of drug-likeness (QED) is 0.718. The van der Waals surface area contributed by atoms with Crippen LogP contribution < -0.4 is 0 Å². The van der Waals surface area contributed by atoms with Crippen LogP contribution in [0.25, 0.3) is 5.65 Å². The summed E-state index contributed by atoms with van der Waals surface area (Å²) in [6.45, 7) is 4.60. The first-order valence-electron chi connectivity index (χ1n) is 5.75. The van der Waals surface area contributed by atoms with Crippen LogP contribution in [0.5, 0.6) is 0 Å². The van der Waals surface area contributed by atoms with Gasteiger partial charge in [-0.15, -0.1) is 0 Å². The standard InChI is InChI=1S/C13H15BrN2/c1-13(2)7-3-4-10-12(13)15-11-6-5-9(14)8-16(10)11/h5-6,8H,3-4,7H2,1-2H3. The predicted molar refractivity (Wildman–Crippen MR) is 68.9 cm³/mol. The number of aromatic nitrogens is 2. The van der Waals surface area contributed by atoms with E-state index in [1.165, 1.54) is 24.2 Å². The highest BCUT2D eigenvalue weighted by atomic mass is 79.9. The number of nitrogens with zero attached hydrogens (tertiary/aromatic N) is 2. The maximum atomic E-state index is 4.79. The minimum Gasteiger partial charge on any atom is -0.303 e. The average Bonchev–Trinajstić information content (AvgIpc) is 2.58. The van der Waals surface area contributed by atoms with Gasteiger partial charge in [0.15, 0.2) is 0 Å². The summed E-state index contributed by atoms with van der Waals surface area (Å²) in [6.07, 6.45) is 5.78. The fraction of sp³-hybridized carbons (Fsp3) is 0.462.